The fourth-order valence-corrected chi connectivity index (χ4v) is 1.22. The third-order valence-corrected chi connectivity index (χ3v) is 1.91. The lowest BCUT2D eigenvalue weighted by Gasteiger charge is -2.04. The van der Waals surface area contributed by atoms with Gasteiger partial charge in [-0.05, 0) is 22.0 Å². The summed E-state index contributed by atoms with van der Waals surface area (Å²) in [5, 5.41) is 9.23. The van der Waals surface area contributed by atoms with Crippen LogP contribution >= 0.6 is 15.9 Å². The maximum Gasteiger partial charge on any atom is 0.335 e. The molecule has 1 unspecified atom stereocenters. The molecule has 0 radical (unpaired) electrons. The number of furan rings is 1. The maximum atomic E-state index is 10.8. The van der Waals surface area contributed by atoms with E-state index in [4.69, 9.17) is 4.42 Å². The lowest BCUT2D eigenvalue weighted by molar-refractivity contribution is -0.150. The number of methoxy groups -OCH3 is 1. The number of halogens is 1. The average Bonchev–Trinajstić information content (AvgIpc) is 2.49. The number of carbonyl (C=O) groups is 1. The Kier molecular flexibility index (Phi) is 3.50. The molecular formula is C8H9BrO4. The Bertz CT molecular complexity index is 294. The van der Waals surface area contributed by atoms with Crippen LogP contribution in [0.15, 0.2) is 21.2 Å². The smallest absolute Gasteiger partial charge is 0.335 e. The van der Waals surface area contributed by atoms with Gasteiger partial charge in [0.25, 0.3) is 0 Å². The van der Waals surface area contributed by atoms with E-state index in [1.54, 1.807) is 6.07 Å². The summed E-state index contributed by atoms with van der Waals surface area (Å²) in [5.41, 5.74) is 0. The highest BCUT2D eigenvalue weighted by Crippen LogP contribution is 2.15. The quantitative estimate of drug-likeness (QED) is 0.815. The molecular weight excluding hydrogens is 240 g/mol. The van der Waals surface area contributed by atoms with E-state index in [2.05, 4.69) is 20.7 Å². The molecule has 0 fully saturated rings. The lowest BCUT2D eigenvalue weighted by Crippen LogP contribution is -2.23. The average molecular weight is 249 g/mol. The molecule has 0 aliphatic heterocycles. The second kappa shape index (κ2) is 4.43. The molecule has 13 heavy (non-hydrogen) atoms. The Hall–Kier alpha value is -0.810. The van der Waals surface area contributed by atoms with Crippen molar-refractivity contribution >= 4 is 21.9 Å². The molecule has 1 aromatic rings. The van der Waals surface area contributed by atoms with Gasteiger partial charge in [-0.25, -0.2) is 4.79 Å². The first-order valence-corrected chi connectivity index (χ1v) is 4.41. The molecule has 0 amide bonds. The highest BCUT2D eigenvalue weighted by atomic mass is 79.9. The molecule has 0 spiro atoms. The summed E-state index contributed by atoms with van der Waals surface area (Å²) in [4.78, 5) is 10.8. The van der Waals surface area contributed by atoms with Gasteiger partial charge in [-0.15, -0.1) is 0 Å². The zero-order valence-corrected chi connectivity index (χ0v) is 8.58. The molecule has 1 heterocycles. The normalized spacial score (nSPS) is 12.5. The Morgan fingerprint density at radius 1 is 1.85 bits per heavy atom. The molecule has 0 bridgehead atoms. The molecule has 0 saturated heterocycles. The molecule has 5 heteroatoms. The Balaban J connectivity index is 2.54. The Morgan fingerprint density at radius 2 is 2.54 bits per heavy atom. The number of rotatable bonds is 3. The van der Waals surface area contributed by atoms with Crippen LogP contribution in [0.1, 0.15) is 5.76 Å². The molecule has 0 aromatic carbocycles. The number of aliphatic hydroxyl groups is 1. The first-order chi connectivity index (χ1) is 6.13. The summed E-state index contributed by atoms with van der Waals surface area (Å²) in [6.45, 7) is 0. The number of aliphatic hydroxyl groups excluding tert-OH is 1. The van der Waals surface area contributed by atoms with Gasteiger partial charge < -0.3 is 14.3 Å². The molecule has 1 rings (SSSR count). The van der Waals surface area contributed by atoms with Crippen LogP contribution < -0.4 is 0 Å². The van der Waals surface area contributed by atoms with Crippen molar-refractivity contribution in [3.63, 3.8) is 0 Å². The summed E-state index contributed by atoms with van der Waals surface area (Å²) >= 11 is 3.18. The first kappa shape index (κ1) is 10.3. The van der Waals surface area contributed by atoms with Crippen LogP contribution in [0.3, 0.4) is 0 Å². The highest BCUT2D eigenvalue weighted by Gasteiger charge is 2.17. The first-order valence-electron chi connectivity index (χ1n) is 3.62. The van der Waals surface area contributed by atoms with Crippen molar-refractivity contribution in [2.45, 2.75) is 12.5 Å². The van der Waals surface area contributed by atoms with Crippen LogP contribution in [0.25, 0.3) is 0 Å². The number of hydrogen-bond donors (Lipinski definition) is 1. The topological polar surface area (TPSA) is 59.7 Å². The summed E-state index contributed by atoms with van der Waals surface area (Å²) < 4.78 is 10.1. The predicted molar refractivity (Wildman–Crippen MR) is 48.1 cm³/mol. The second-order valence-corrected chi connectivity index (χ2v) is 3.39. The van der Waals surface area contributed by atoms with Gasteiger partial charge in [-0.2, -0.15) is 0 Å². The van der Waals surface area contributed by atoms with Crippen molar-refractivity contribution in [1.82, 2.24) is 0 Å². The third-order valence-electron chi connectivity index (χ3n) is 1.49. The molecule has 1 atom stereocenters. The van der Waals surface area contributed by atoms with Crippen molar-refractivity contribution in [3.05, 3.63) is 22.6 Å². The van der Waals surface area contributed by atoms with Crippen molar-refractivity contribution in [2.75, 3.05) is 7.11 Å². The van der Waals surface area contributed by atoms with Crippen molar-refractivity contribution in [1.29, 1.82) is 0 Å². The Labute approximate surface area is 83.6 Å². The number of ether oxygens (including phenoxy) is 1. The van der Waals surface area contributed by atoms with Crippen LogP contribution in [0.2, 0.25) is 0 Å². The van der Waals surface area contributed by atoms with Gasteiger partial charge in [0.1, 0.15) is 12.0 Å². The van der Waals surface area contributed by atoms with Gasteiger partial charge >= 0.3 is 5.97 Å². The van der Waals surface area contributed by atoms with Crippen molar-refractivity contribution in [2.24, 2.45) is 0 Å². The van der Waals surface area contributed by atoms with Crippen LogP contribution in [-0.2, 0) is 16.0 Å². The lowest BCUT2D eigenvalue weighted by atomic mass is 10.2. The van der Waals surface area contributed by atoms with Crippen LogP contribution in [0, 0.1) is 0 Å². The zero-order chi connectivity index (χ0) is 9.84. The van der Waals surface area contributed by atoms with Crippen molar-refractivity contribution in [3.8, 4) is 0 Å². The molecule has 0 aliphatic carbocycles. The second-order valence-electron chi connectivity index (χ2n) is 2.47. The maximum absolute atomic E-state index is 10.8. The molecule has 1 N–H and O–H groups in total. The minimum absolute atomic E-state index is 0.123. The number of hydrogen-bond acceptors (Lipinski definition) is 4. The molecule has 0 aliphatic rings. The standard InChI is InChI=1S/C8H9BrO4/c1-12-8(11)7(10)3-6-2-5(9)4-13-6/h2,4,7,10H,3H2,1H3. The van der Waals surface area contributed by atoms with E-state index in [0.29, 0.717) is 5.76 Å². The van der Waals surface area contributed by atoms with E-state index in [1.807, 2.05) is 0 Å². The van der Waals surface area contributed by atoms with Gasteiger partial charge in [0.05, 0.1) is 11.6 Å². The largest absolute Gasteiger partial charge is 0.468 e. The number of carbonyl (C=O) groups excluding carboxylic acids is 1. The van der Waals surface area contributed by atoms with Gasteiger partial charge in [-0.1, -0.05) is 0 Å². The van der Waals surface area contributed by atoms with E-state index in [9.17, 15) is 9.90 Å². The zero-order valence-electron chi connectivity index (χ0n) is 6.99. The van der Waals surface area contributed by atoms with Crippen LogP contribution in [0.5, 0.6) is 0 Å². The van der Waals surface area contributed by atoms with Gasteiger partial charge in [0.2, 0.25) is 0 Å². The molecule has 0 saturated carbocycles. The monoisotopic (exact) mass is 248 g/mol. The van der Waals surface area contributed by atoms with Gasteiger partial charge in [0, 0.05) is 6.42 Å². The summed E-state index contributed by atoms with van der Waals surface area (Å²) in [6.07, 6.45) is 0.445. The van der Waals surface area contributed by atoms with E-state index >= 15 is 0 Å². The van der Waals surface area contributed by atoms with Gasteiger partial charge in [-0.3, -0.25) is 0 Å². The van der Waals surface area contributed by atoms with Crippen LogP contribution in [-0.4, -0.2) is 24.3 Å². The van der Waals surface area contributed by atoms with E-state index < -0.39 is 12.1 Å². The Morgan fingerprint density at radius 3 is 3.00 bits per heavy atom. The van der Waals surface area contributed by atoms with E-state index in [0.717, 1.165) is 4.47 Å². The highest BCUT2D eigenvalue weighted by molar-refractivity contribution is 9.10. The minimum atomic E-state index is -1.16. The number of esters is 1. The summed E-state index contributed by atoms with van der Waals surface area (Å²) in [7, 11) is 1.23. The van der Waals surface area contributed by atoms with E-state index in [-0.39, 0.29) is 6.42 Å². The predicted octanol–water partition coefficient (Wildman–Crippen LogP) is 1.12. The van der Waals surface area contributed by atoms with E-state index in [1.165, 1.54) is 13.4 Å². The summed E-state index contributed by atoms with van der Waals surface area (Å²) in [6, 6.07) is 1.69. The van der Waals surface area contributed by atoms with Crippen molar-refractivity contribution < 1.29 is 19.1 Å². The molecule has 72 valence electrons. The molecule has 4 nitrogen and oxygen atoms in total. The van der Waals surface area contributed by atoms with Gasteiger partial charge in [0.15, 0.2) is 6.10 Å². The fourth-order valence-electron chi connectivity index (χ4n) is 0.871. The molecule has 1 aromatic heterocycles. The SMILES string of the molecule is COC(=O)C(O)Cc1cc(Br)co1. The van der Waals surface area contributed by atoms with Crippen LogP contribution in [0.4, 0.5) is 0 Å². The third kappa shape index (κ3) is 2.86. The minimum Gasteiger partial charge on any atom is -0.468 e. The fraction of sp³-hybridized carbons (Fsp3) is 0.375. The summed E-state index contributed by atoms with van der Waals surface area (Å²) in [5.74, 6) is -0.128.